The summed E-state index contributed by atoms with van der Waals surface area (Å²) in [5.74, 6) is -0.160. The number of aliphatic hydroxyl groups is 1. The van der Waals surface area contributed by atoms with Gasteiger partial charge in [-0.05, 0) is 48.9 Å². The second-order valence-electron chi connectivity index (χ2n) is 7.41. The molecule has 2 amide bonds. The first-order valence-corrected chi connectivity index (χ1v) is 9.51. The lowest BCUT2D eigenvalue weighted by molar-refractivity contribution is -0.127. The van der Waals surface area contributed by atoms with Gasteiger partial charge in [0.25, 0.3) is 5.91 Å². The highest BCUT2D eigenvalue weighted by atomic mass is 16.3. The Morgan fingerprint density at radius 1 is 1.04 bits per heavy atom. The lowest BCUT2D eigenvalue weighted by atomic mass is 9.91. The van der Waals surface area contributed by atoms with Gasteiger partial charge < -0.3 is 19.7 Å². The molecule has 0 bridgehead atoms. The van der Waals surface area contributed by atoms with Crippen molar-refractivity contribution in [1.82, 2.24) is 10.2 Å². The van der Waals surface area contributed by atoms with Crippen LogP contribution in [-0.4, -0.2) is 40.0 Å². The molecule has 1 fully saturated rings. The Balaban J connectivity index is 1.55. The molecule has 0 radical (unpaired) electrons. The number of carbonyl (C=O) groups excluding carboxylic acids is 2. The lowest BCUT2D eigenvalue weighted by Crippen LogP contribution is -2.54. The maximum Gasteiger partial charge on any atom is 0.290 e. The average molecular weight is 368 g/mol. The molecule has 4 rings (SSSR count). The van der Waals surface area contributed by atoms with E-state index in [0.717, 1.165) is 24.0 Å². The van der Waals surface area contributed by atoms with Crippen LogP contribution < -0.4 is 5.32 Å². The van der Waals surface area contributed by atoms with E-state index in [1.54, 1.807) is 17.0 Å². The van der Waals surface area contributed by atoms with Gasteiger partial charge in [-0.3, -0.25) is 9.59 Å². The Hall–Kier alpha value is -2.60. The van der Waals surface area contributed by atoms with Gasteiger partial charge in [-0.2, -0.15) is 0 Å². The molecule has 0 spiro atoms. The van der Waals surface area contributed by atoms with Gasteiger partial charge in [0.1, 0.15) is 6.04 Å². The average Bonchev–Trinajstić information content (AvgIpc) is 3.23. The van der Waals surface area contributed by atoms with Crippen molar-refractivity contribution in [2.75, 3.05) is 0 Å². The summed E-state index contributed by atoms with van der Waals surface area (Å²) < 4.78 is 5.28. The molecule has 1 aliphatic heterocycles. The van der Waals surface area contributed by atoms with Crippen LogP contribution in [0.1, 0.15) is 47.4 Å². The van der Waals surface area contributed by atoms with Crippen molar-refractivity contribution in [3.05, 3.63) is 59.5 Å². The van der Waals surface area contributed by atoms with Crippen LogP contribution >= 0.6 is 0 Å². The van der Waals surface area contributed by atoms with Gasteiger partial charge in [-0.1, -0.05) is 24.3 Å². The van der Waals surface area contributed by atoms with E-state index in [4.69, 9.17) is 4.42 Å². The highest BCUT2D eigenvalue weighted by molar-refractivity contribution is 5.96. The number of nitrogens with one attached hydrogen (secondary N) is 1. The number of furan rings is 1. The van der Waals surface area contributed by atoms with Gasteiger partial charge in [-0.25, -0.2) is 0 Å². The monoisotopic (exact) mass is 368 g/mol. The standard InChI is InChI=1S/C21H24N2O4/c24-17-9-7-16(8-10-17)22-20(25)18-12-14-4-1-2-5-15(14)13-23(18)21(26)19-6-3-11-27-19/h1-6,11,16-18,24H,7-10,12-13H2,(H,22,25). The summed E-state index contributed by atoms with van der Waals surface area (Å²) in [6.07, 6.45) is 4.62. The van der Waals surface area contributed by atoms with Crippen molar-refractivity contribution < 1.29 is 19.1 Å². The fourth-order valence-electron chi connectivity index (χ4n) is 4.03. The largest absolute Gasteiger partial charge is 0.459 e. The molecule has 1 aliphatic carbocycles. The number of fused-ring (bicyclic) bond motifs is 1. The minimum atomic E-state index is -0.565. The Morgan fingerprint density at radius 2 is 1.78 bits per heavy atom. The van der Waals surface area contributed by atoms with Crippen LogP contribution in [0.15, 0.2) is 47.1 Å². The molecule has 142 valence electrons. The number of benzene rings is 1. The van der Waals surface area contributed by atoms with Crippen LogP contribution in [0, 0.1) is 0 Å². The first-order chi connectivity index (χ1) is 13.1. The number of carbonyl (C=O) groups is 2. The van der Waals surface area contributed by atoms with E-state index in [2.05, 4.69) is 5.32 Å². The van der Waals surface area contributed by atoms with Crippen molar-refractivity contribution in [2.45, 2.75) is 56.8 Å². The molecule has 6 heteroatoms. The fourth-order valence-corrected chi connectivity index (χ4v) is 4.03. The van der Waals surface area contributed by atoms with E-state index >= 15 is 0 Å². The minimum absolute atomic E-state index is 0.0543. The van der Waals surface area contributed by atoms with Crippen LogP contribution in [0.5, 0.6) is 0 Å². The van der Waals surface area contributed by atoms with E-state index < -0.39 is 6.04 Å². The molecule has 1 aromatic heterocycles. The number of hydrogen-bond donors (Lipinski definition) is 2. The predicted octanol–water partition coefficient (Wildman–Crippen LogP) is 2.27. The minimum Gasteiger partial charge on any atom is -0.459 e. The SMILES string of the molecule is O=C(NC1CCC(O)CC1)C1Cc2ccccc2CN1C(=O)c1ccco1. The van der Waals surface area contributed by atoms with Crippen LogP contribution in [0.25, 0.3) is 0 Å². The van der Waals surface area contributed by atoms with E-state index in [1.165, 1.54) is 6.26 Å². The van der Waals surface area contributed by atoms with Gasteiger partial charge in [-0.15, -0.1) is 0 Å². The summed E-state index contributed by atoms with van der Waals surface area (Å²) in [5, 5.41) is 12.8. The highest BCUT2D eigenvalue weighted by Crippen LogP contribution is 2.26. The molecule has 27 heavy (non-hydrogen) atoms. The van der Waals surface area contributed by atoms with Crippen molar-refractivity contribution in [2.24, 2.45) is 0 Å². The van der Waals surface area contributed by atoms with E-state index in [0.29, 0.717) is 25.8 Å². The zero-order valence-corrected chi connectivity index (χ0v) is 15.1. The maximum absolute atomic E-state index is 13.0. The molecule has 1 saturated carbocycles. The van der Waals surface area contributed by atoms with Gasteiger partial charge >= 0.3 is 0 Å². The van der Waals surface area contributed by atoms with E-state index in [-0.39, 0.29) is 29.7 Å². The number of hydrogen-bond acceptors (Lipinski definition) is 4. The first kappa shape index (κ1) is 17.8. The third kappa shape index (κ3) is 3.76. The third-order valence-electron chi connectivity index (χ3n) is 5.59. The molecule has 1 aromatic carbocycles. The summed E-state index contributed by atoms with van der Waals surface area (Å²) in [7, 11) is 0. The summed E-state index contributed by atoms with van der Waals surface area (Å²) in [4.78, 5) is 27.6. The van der Waals surface area contributed by atoms with Gasteiger partial charge in [0, 0.05) is 19.0 Å². The maximum atomic E-state index is 13.0. The summed E-state index contributed by atoms with van der Waals surface area (Å²) in [6.45, 7) is 0.386. The number of aliphatic hydroxyl groups excluding tert-OH is 1. The Kier molecular flexibility index (Phi) is 4.99. The topological polar surface area (TPSA) is 82.8 Å². The Bertz CT molecular complexity index is 809. The zero-order valence-electron chi connectivity index (χ0n) is 15.1. The molecular formula is C21H24N2O4. The smallest absolute Gasteiger partial charge is 0.290 e. The molecule has 2 aliphatic rings. The van der Waals surface area contributed by atoms with Crippen LogP contribution in [0.4, 0.5) is 0 Å². The molecular weight excluding hydrogens is 344 g/mol. The number of rotatable bonds is 3. The number of nitrogens with zero attached hydrogens (tertiary/aromatic N) is 1. The fraction of sp³-hybridized carbons (Fsp3) is 0.429. The second-order valence-corrected chi connectivity index (χ2v) is 7.41. The predicted molar refractivity (Wildman–Crippen MR) is 98.9 cm³/mol. The molecule has 2 heterocycles. The van der Waals surface area contributed by atoms with Gasteiger partial charge in [0.2, 0.25) is 5.91 Å². The van der Waals surface area contributed by atoms with Crippen molar-refractivity contribution in [3.8, 4) is 0 Å². The molecule has 1 atom stereocenters. The molecule has 6 nitrogen and oxygen atoms in total. The van der Waals surface area contributed by atoms with Crippen LogP contribution in [0.2, 0.25) is 0 Å². The van der Waals surface area contributed by atoms with Gasteiger partial charge in [0.05, 0.1) is 12.4 Å². The summed E-state index contributed by atoms with van der Waals surface area (Å²) in [6, 6.07) is 10.7. The Morgan fingerprint density at radius 3 is 2.48 bits per heavy atom. The Labute approximate surface area is 158 Å². The second kappa shape index (κ2) is 7.56. The van der Waals surface area contributed by atoms with Crippen molar-refractivity contribution in [1.29, 1.82) is 0 Å². The van der Waals surface area contributed by atoms with Crippen LogP contribution in [0.3, 0.4) is 0 Å². The van der Waals surface area contributed by atoms with Gasteiger partial charge in [0.15, 0.2) is 5.76 Å². The molecule has 0 saturated heterocycles. The van der Waals surface area contributed by atoms with E-state index in [9.17, 15) is 14.7 Å². The molecule has 2 aromatic rings. The van der Waals surface area contributed by atoms with E-state index in [1.807, 2.05) is 24.3 Å². The quantitative estimate of drug-likeness (QED) is 0.871. The molecule has 2 N–H and O–H groups in total. The lowest BCUT2D eigenvalue weighted by Gasteiger charge is -2.37. The first-order valence-electron chi connectivity index (χ1n) is 9.51. The normalized spacial score (nSPS) is 24.9. The third-order valence-corrected chi connectivity index (χ3v) is 5.59. The molecule has 1 unspecified atom stereocenters. The highest BCUT2D eigenvalue weighted by Gasteiger charge is 2.36. The zero-order chi connectivity index (χ0) is 18.8. The van der Waals surface area contributed by atoms with Crippen molar-refractivity contribution >= 4 is 11.8 Å². The summed E-state index contributed by atoms with van der Waals surface area (Å²) >= 11 is 0. The summed E-state index contributed by atoms with van der Waals surface area (Å²) in [5.41, 5.74) is 2.16. The van der Waals surface area contributed by atoms with Crippen LogP contribution in [-0.2, 0) is 17.8 Å². The van der Waals surface area contributed by atoms with Crippen molar-refractivity contribution in [3.63, 3.8) is 0 Å². The number of amides is 2.